The Morgan fingerprint density at radius 2 is 1.70 bits per heavy atom. The van der Waals surface area contributed by atoms with Crippen molar-refractivity contribution in [3.63, 3.8) is 0 Å². The standard InChI is InChI=1S/C20H36N4O6/c1-6-11(4)15(20(29)30)22-17(26)13-8-7-9-24(13)19(28)16(12(5)25)23-18(27)14(21)10(2)3/h10-16,25H,6-9,21H2,1-5H3,(H,22,26)(H,23,27)(H,29,30). The fourth-order valence-electron chi connectivity index (χ4n) is 3.36. The van der Waals surface area contributed by atoms with Crippen LogP contribution in [0.2, 0.25) is 0 Å². The Labute approximate surface area is 177 Å². The number of carbonyl (C=O) groups is 4. The van der Waals surface area contributed by atoms with E-state index < -0.39 is 54.0 Å². The molecule has 1 fully saturated rings. The minimum Gasteiger partial charge on any atom is -0.480 e. The minimum atomic E-state index is -1.25. The van der Waals surface area contributed by atoms with Crippen molar-refractivity contribution in [2.24, 2.45) is 17.6 Å². The van der Waals surface area contributed by atoms with Gasteiger partial charge in [-0.3, -0.25) is 14.4 Å². The van der Waals surface area contributed by atoms with E-state index in [1.807, 2.05) is 6.92 Å². The Bertz CT molecular complexity index is 639. The quantitative estimate of drug-likeness (QED) is 0.311. The second kappa shape index (κ2) is 11.3. The predicted octanol–water partition coefficient (Wildman–Crippen LogP) is -0.558. The number of aliphatic hydroxyl groups is 1. The smallest absolute Gasteiger partial charge is 0.326 e. The lowest BCUT2D eigenvalue weighted by atomic mass is 9.98. The molecule has 6 N–H and O–H groups in total. The largest absolute Gasteiger partial charge is 0.480 e. The summed E-state index contributed by atoms with van der Waals surface area (Å²) in [6, 6.07) is -4.01. The van der Waals surface area contributed by atoms with Crippen molar-refractivity contribution >= 4 is 23.7 Å². The van der Waals surface area contributed by atoms with Crippen LogP contribution in [0.15, 0.2) is 0 Å². The number of nitrogens with two attached hydrogens (primary N) is 1. The van der Waals surface area contributed by atoms with Crippen LogP contribution in [0, 0.1) is 11.8 Å². The number of amides is 3. The Kier molecular flexibility index (Phi) is 9.70. The van der Waals surface area contributed by atoms with Crippen LogP contribution in [0.25, 0.3) is 0 Å². The lowest BCUT2D eigenvalue weighted by molar-refractivity contribution is -0.147. The van der Waals surface area contributed by atoms with E-state index in [1.165, 1.54) is 11.8 Å². The molecule has 1 saturated heterocycles. The molecule has 10 nitrogen and oxygen atoms in total. The maximum atomic E-state index is 13.1. The van der Waals surface area contributed by atoms with E-state index in [0.717, 1.165) is 0 Å². The number of likely N-dealkylation sites (tertiary alicyclic amines) is 1. The van der Waals surface area contributed by atoms with E-state index in [-0.39, 0.29) is 18.4 Å². The zero-order chi connectivity index (χ0) is 23.2. The van der Waals surface area contributed by atoms with E-state index in [4.69, 9.17) is 5.73 Å². The van der Waals surface area contributed by atoms with Crippen LogP contribution in [-0.2, 0) is 19.2 Å². The van der Waals surface area contributed by atoms with Crippen LogP contribution in [0.1, 0.15) is 53.9 Å². The van der Waals surface area contributed by atoms with Gasteiger partial charge in [0.15, 0.2) is 0 Å². The molecule has 30 heavy (non-hydrogen) atoms. The average molecular weight is 429 g/mol. The van der Waals surface area contributed by atoms with Crippen molar-refractivity contribution in [1.82, 2.24) is 15.5 Å². The van der Waals surface area contributed by atoms with E-state index in [1.54, 1.807) is 20.8 Å². The van der Waals surface area contributed by atoms with Crippen molar-refractivity contribution < 1.29 is 29.4 Å². The summed E-state index contributed by atoms with van der Waals surface area (Å²) in [6.45, 7) is 8.73. The molecular weight excluding hydrogens is 392 g/mol. The molecule has 1 heterocycles. The highest BCUT2D eigenvalue weighted by Gasteiger charge is 2.41. The minimum absolute atomic E-state index is 0.159. The molecule has 0 radical (unpaired) electrons. The van der Waals surface area contributed by atoms with Gasteiger partial charge >= 0.3 is 5.97 Å². The first-order chi connectivity index (χ1) is 13.9. The van der Waals surface area contributed by atoms with Gasteiger partial charge < -0.3 is 31.5 Å². The number of nitrogens with zero attached hydrogens (tertiary/aromatic N) is 1. The first-order valence-electron chi connectivity index (χ1n) is 10.5. The Morgan fingerprint density at radius 3 is 2.17 bits per heavy atom. The summed E-state index contributed by atoms with van der Waals surface area (Å²) in [5, 5.41) is 24.5. The fraction of sp³-hybridized carbons (Fsp3) is 0.800. The summed E-state index contributed by atoms with van der Waals surface area (Å²) in [6.07, 6.45) is 0.293. The first-order valence-corrected chi connectivity index (χ1v) is 10.5. The molecule has 1 aliphatic rings. The number of aliphatic carboxylic acids is 1. The zero-order valence-electron chi connectivity index (χ0n) is 18.4. The number of rotatable bonds is 10. The number of aliphatic hydroxyl groups excluding tert-OH is 1. The number of carbonyl (C=O) groups excluding carboxylic acids is 3. The third-order valence-corrected chi connectivity index (χ3v) is 5.68. The summed E-state index contributed by atoms with van der Waals surface area (Å²) in [5.74, 6) is -3.28. The molecule has 0 spiro atoms. The van der Waals surface area contributed by atoms with Gasteiger partial charge in [0.05, 0.1) is 12.1 Å². The number of carboxylic acid groups (broad SMARTS) is 1. The lowest BCUT2D eigenvalue weighted by Gasteiger charge is -2.31. The molecule has 0 aromatic heterocycles. The molecule has 0 bridgehead atoms. The first kappa shape index (κ1) is 25.8. The van der Waals surface area contributed by atoms with E-state index >= 15 is 0 Å². The maximum Gasteiger partial charge on any atom is 0.326 e. The molecule has 6 unspecified atom stereocenters. The van der Waals surface area contributed by atoms with Crippen LogP contribution in [0.4, 0.5) is 0 Å². The highest BCUT2D eigenvalue weighted by atomic mass is 16.4. The SMILES string of the molecule is CCC(C)C(NC(=O)C1CCCN1C(=O)C(NC(=O)C(N)C(C)C)C(C)O)C(=O)O. The second-order valence-electron chi connectivity index (χ2n) is 8.40. The van der Waals surface area contributed by atoms with Crippen LogP contribution in [0.3, 0.4) is 0 Å². The van der Waals surface area contributed by atoms with Gasteiger partial charge in [-0.2, -0.15) is 0 Å². The molecule has 1 rings (SSSR count). The highest BCUT2D eigenvalue weighted by molar-refractivity contribution is 5.94. The third kappa shape index (κ3) is 6.40. The number of nitrogens with one attached hydrogen (secondary N) is 2. The summed E-state index contributed by atoms with van der Waals surface area (Å²) in [4.78, 5) is 50.9. The second-order valence-corrected chi connectivity index (χ2v) is 8.40. The molecule has 3 amide bonds. The van der Waals surface area contributed by atoms with Crippen molar-refractivity contribution in [2.45, 2.75) is 84.2 Å². The van der Waals surface area contributed by atoms with Gasteiger partial charge in [-0.1, -0.05) is 34.1 Å². The summed E-state index contributed by atoms with van der Waals surface area (Å²) < 4.78 is 0. The van der Waals surface area contributed by atoms with E-state index in [2.05, 4.69) is 10.6 Å². The molecule has 0 saturated carbocycles. The van der Waals surface area contributed by atoms with Gasteiger partial charge in [0.1, 0.15) is 18.1 Å². The Hall–Kier alpha value is -2.20. The molecule has 6 atom stereocenters. The topological polar surface area (TPSA) is 162 Å². The molecule has 10 heteroatoms. The molecule has 0 aromatic rings. The molecule has 172 valence electrons. The van der Waals surface area contributed by atoms with Crippen LogP contribution >= 0.6 is 0 Å². The number of hydrogen-bond donors (Lipinski definition) is 5. The van der Waals surface area contributed by atoms with E-state index in [0.29, 0.717) is 19.3 Å². The molecule has 1 aliphatic heterocycles. The van der Waals surface area contributed by atoms with Gasteiger partial charge in [-0.15, -0.1) is 0 Å². The van der Waals surface area contributed by atoms with Gasteiger partial charge in [-0.05, 0) is 31.6 Å². The van der Waals surface area contributed by atoms with Crippen molar-refractivity contribution in [3.05, 3.63) is 0 Å². The molecule has 0 aliphatic carbocycles. The predicted molar refractivity (Wildman–Crippen MR) is 110 cm³/mol. The van der Waals surface area contributed by atoms with Gasteiger partial charge in [0.2, 0.25) is 17.7 Å². The summed E-state index contributed by atoms with van der Waals surface area (Å²) in [5.41, 5.74) is 5.82. The average Bonchev–Trinajstić information content (AvgIpc) is 3.17. The monoisotopic (exact) mass is 428 g/mol. The summed E-state index contributed by atoms with van der Waals surface area (Å²) in [7, 11) is 0. The van der Waals surface area contributed by atoms with E-state index in [9.17, 15) is 29.4 Å². The normalized spacial score (nSPS) is 21.5. The van der Waals surface area contributed by atoms with Crippen LogP contribution in [-0.4, -0.2) is 75.6 Å². The van der Waals surface area contributed by atoms with Crippen molar-refractivity contribution in [3.8, 4) is 0 Å². The number of carboxylic acids is 1. The maximum absolute atomic E-state index is 13.1. The van der Waals surface area contributed by atoms with Crippen molar-refractivity contribution in [1.29, 1.82) is 0 Å². The van der Waals surface area contributed by atoms with Crippen LogP contribution < -0.4 is 16.4 Å². The number of hydrogen-bond acceptors (Lipinski definition) is 6. The van der Waals surface area contributed by atoms with Crippen LogP contribution in [0.5, 0.6) is 0 Å². The molecule has 0 aromatic carbocycles. The van der Waals surface area contributed by atoms with Gasteiger partial charge in [0, 0.05) is 6.54 Å². The highest BCUT2D eigenvalue weighted by Crippen LogP contribution is 2.20. The van der Waals surface area contributed by atoms with Gasteiger partial charge in [-0.25, -0.2) is 4.79 Å². The third-order valence-electron chi connectivity index (χ3n) is 5.68. The Morgan fingerprint density at radius 1 is 1.10 bits per heavy atom. The Balaban J connectivity index is 2.96. The fourth-order valence-corrected chi connectivity index (χ4v) is 3.36. The summed E-state index contributed by atoms with van der Waals surface area (Å²) >= 11 is 0. The van der Waals surface area contributed by atoms with Gasteiger partial charge in [0.25, 0.3) is 0 Å². The lowest BCUT2D eigenvalue weighted by Crippen LogP contribution is -2.60. The van der Waals surface area contributed by atoms with Crippen molar-refractivity contribution in [2.75, 3.05) is 6.54 Å². The molecular formula is C20H36N4O6. The zero-order valence-corrected chi connectivity index (χ0v) is 18.4.